The van der Waals surface area contributed by atoms with Crippen LogP contribution >= 0.6 is 0 Å². The van der Waals surface area contributed by atoms with E-state index in [2.05, 4.69) is 0 Å². The molecule has 2 rings (SSSR count). The van der Waals surface area contributed by atoms with E-state index >= 15 is 0 Å². The number of sulfonamides is 1. The molecule has 122 valence electrons. The van der Waals surface area contributed by atoms with Crippen LogP contribution in [0, 0.1) is 10.1 Å². The molecular weight excluding hydrogens is 328 g/mol. The van der Waals surface area contributed by atoms with Gasteiger partial charge in [0.2, 0.25) is 0 Å². The first-order valence-electron chi connectivity index (χ1n) is 6.30. The fourth-order valence-corrected chi connectivity index (χ4v) is 3.43. The van der Waals surface area contributed by atoms with Crippen LogP contribution in [0.2, 0.25) is 0 Å². The summed E-state index contributed by atoms with van der Waals surface area (Å²) in [5.74, 6) is -1.17. The second kappa shape index (κ2) is 6.58. The zero-order valence-electron chi connectivity index (χ0n) is 11.7. The maximum Gasteiger partial charge on any atom is 0.318 e. The zero-order valence-corrected chi connectivity index (χ0v) is 12.5. The SMILES string of the molecule is O=C(O)CN(Cc1ccco1)S(=O)(=O)c1ccccc1[N+](=O)[O-]. The van der Waals surface area contributed by atoms with Crippen molar-refractivity contribution in [3.63, 3.8) is 0 Å². The minimum Gasteiger partial charge on any atom is -0.480 e. The summed E-state index contributed by atoms with van der Waals surface area (Å²) >= 11 is 0. The first kappa shape index (κ1) is 16.6. The van der Waals surface area contributed by atoms with Crippen molar-refractivity contribution in [1.29, 1.82) is 0 Å². The van der Waals surface area contributed by atoms with Crippen LogP contribution in [0.1, 0.15) is 5.76 Å². The molecule has 1 aromatic carbocycles. The topological polar surface area (TPSA) is 131 Å². The molecule has 0 amide bonds. The van der Waals surface area contributed by atoms with Crippen LogP contribution in [0.5, 0.6) is 0 Å². The number of benzene rings is 1. The average Bonchev–Trinajstić information content (AvgIpc) is 2.99. The summed E-state index contributed by atoms with van der Waals surface area (Å²) in [6.07, 6.45) is 1.31. The molecule has 1 N–H and O–H groups in total. The lowest BCUT2D eigenvalue weighted by Gasteiger charge is -2.19. The van der Waals surface area contributed by atoms with E-state index in [1.165, 1.54) is 30.5 Å². The quantitative estimate of drug-likeness (QED) is 0.596. The van der Waals surface area contributed by atoms with Crippen molar-refractivity contribution in [2.75, 3.05) is 6.54 Å². The number of nitro benzene ring substituents is 1. The fourth-order valence-electron chi connectivity index (χ4n) is 1.92. The molecule has 0 saturated heterocycles. The summed E-state index contributed by atoms with van der Waals surface area (Å²) in [6.45, 7) is -1.21. The predicted octanol–water partition coefficient (Wildman–Crippen LogP) is 1.46. The van der Waals surface area contributed by atoms with E-state index < -0.39 is 38.0 Å². The molecule has 0 saturated carbocycles. The maximum atomic E-state index is 12.6. The summed E-state index contributed by atoms with van der Waals surface area (Å²) in [5, 5.41) is 19.9. The molecule has 0 bridgehead atoms. The van der Waals surface area contributed by atoms with Crippen molar-refractivity contribution in [3.05, 3.63) is 58.5 Å². The number of nitro groups is 1. The van der Waals surface area contributed by atoms with Gasteiger partial charge in [-0.15, -0.1) is 0 Å². The van der Waals surface area contributed by atoms with E-state index in [1.807, 2.05) is 0 Å². The van der Waals surface area contributed by atoms with Crippen LogP contribution in [0.4, 0.5) is 5.69 Å². The van der Waals surface area contributed by atoms with Crippen molar-refractivity contribution in [2.24, 2.45) is 0 Å². The predicted molar refractivity (Wildman–Crippen MR) is 77.0 cm³/mol. The van der Waals surface area contributed by atoms with Crippen molar-refractivity contribution in [2.45, 2.75) is 11.4 Å². The Hall–Kier alpha value is -2.72. The van der Waals surface area contributed by atoms with E-state index in [-0.39, 0.29) is 12.3 Å². The fraction of sp³-hybridized carbons (Fsp3) is 0.154. The Balaban J connectivity index is 2.47. The van der Waals surface area contributed by atoms with Gasteiger partial charge in [0, 0.05) is 6.07 Å². The second-order valence-electron chi connectivity index (χ2n) is 4.47. The maximum absolute atomic E-state index is 12.6. The molecule has 0 aliphatic carbocycles. The van der Waals surface area contributed by atoms with Crippen LogP contribution in [0.25, 0.3) is 0 Å². The normalized spacial score (nSPS) is 11.5. The summed E-state index contributed by atoms with van der Waals surface area (Å²) in [5.41, 5.74) is -0.623. The van der Waals surface area contributed by atoms with Gasteiger partial charge < -0.3 is 9.52 Å². The van der Waals surface area contributed by atoms with Crippen LogP contribution in [0.15, 0.2) is 52.0 Å². The lowest BCUT2D eigenvalue weighted by atomic mass is 10.3. The lowest BCUT2D eigenvalue weighted by molar-refractivity contribution is -0.387. The van der Waals surface area contributed by atoms with Gasteiger partial charge >= 0.3 is 5.97 Å². The van der Waals surface area contributed by atoms with E-state index in [9.17, 15) is 23.3 Å². The molecule has 9 nitrogen and oxygen atoms in total. The molecule has 0 aliphatic rings. The van der Waals surface area contributed by atoms with Crippen LogP contribution in [-0.4, -0.2) is 35.3 Å². The summed E-state index contributed by atoms with van der Waals surface area (Å²) in [6, 6.07) is 7.75. The number of aliphatic carboxylic acids is 1. The van der Waals surface area contributed by atoms with Crippen molar-refractivity contribution in [1.82, 2.24) is 4.31 Å². The van der Waals surface area contributed by atoms with E-state index in [0.717, 1.165) is 12.1 Å². The minimum atomic E-state index is -4.40. The van der Waals surface area contributed by atoms with Gasteiger partial charge in [-0.05, 0) is 18.2 Å². The third-order valence-electron chi connectivity index (χ3n) is 2.90. The van der Waals surface area contributed by atoms with E-state index in [1.54, 1.807) is 0 Å². The Morgan fingerprint density at radius 1 is 1.26 bits per heavy atom. The van der Waals surface area contributed by atoms with Gasteiger partial charge in [0.1, 0.15) is 12.3 Å². The molecule has 1 aromatic heterocycles. The number of hydrogen-bond donors (Lipinski definition) is 1. The van der Waals surface area contributed by atoms with Gasteiger partial charge in [0.25, 0.3) is 15.7 Å². The Morgan fingerprint density at radius 2 is 1.96 bits per heavy atom. The monoisotopic (exact) mass is 340 g/mol. The van der Waals surface area contributed by atoms with Crippen molar-refractivity contribution in [3.8, 4) is 0 Å². The smallest absolute Gasteiger partial charge is 0.318 e. The summed E-state index contributed by atoms with van der Waals surface area (Å²) in [7, 11) is -4.40. The first-order valence-corrected chi connectivity index (χ1v) is 7.74. The zero-order chi connectivity index (χ0) is 17.0. The first-order chi connectivity index (χ1) is 10.8. The number of para-hydroxylation sites is 1. The number of rotatable bonds is 7. The minimum absolute atomic E-state index is 0.216. The van der Waals surface area contributed by atoms with Gasteiger partial charge in [0.15, 0.2) is 4.90 Å². The Bertz CT molecular complexity index is 815. The highest BCUT2D eigenvalue weighted by Gasteiger charge is 2.33. The highest BCUT2D eigenvalue weighted by Crippen LogP contribution is 2.27. The van der Waals surface area contributed by atoms with Crippen LogP contribution < -0.4 is 0 Å². The van der Waals surface area contributed by atoms with Gasteiger partial charge in [-0.3, -0.25) is 14.9 Å². The van der Waals surface area contributed by atoms with Crippen LogP contribution in [-0.2, 0) is 21.4 Å². The molecule has 23 heavy (non-hydrogen) atoms. The molecule has 0 spiro atoms. The number of carbonyl (C=O) groups is 1. The summed E-state index contributed by atoms with van der Waals surface area (Å²) in [4.78, 5) is 20.6. The Morgan fingerprint density at radius 3 is 2.52 bits per heavy atom. The molecule has 2 aromatic rings. The molecule has 0 unspecified atom stereocenters. The second-order valence-corrected chi connectivity index (χ2v) is 6.38. The number of hydrogen-bond acceptors (Lipinski definition) is 6. The van der Waals surface area contributed by atoms with Crippen molar-refractivity contribution >= 4 is 21.7 Å². The van der Waals surface area contributed by atoms with Crippen LogP contribution in [0.3, 0.4) is 0 Å². The van der Waals surface area contributed by atoms with E-state index in [4.69, 9.17) is 9.52 Å². The number of carboxylic acids is 1. The largest absolute Gasteiger partial charge is 0.480 e. The Labute approximate surface area is 131 Å². The van der Waals surface area contributed by atoms with Gasteiger partial charge in [-0.1, -0.05) is 12.1 Å². The third kappa shape index (κ3) is 3.73. The molecule has 0 fully saturated rings. The highest BCUT2D eigenvalue weighted by atomic mass is 32.2. The standard InChI is InChI=1S/C13H12N2O7S/c16-13(17)9-14(8-10-4-3-7-22-10)23(20,21)12-6-2-1-5-11(12)15(18)19/h1-7H,8-9H2,(H,16,17). The average molecular weight is 340 g/mol. The third-order valence-corrected chi connectivity index (χ3v) is 4.74. The molecule has 1 heterocycles. The summed E-state index contributed by atoms with van der Waals surface area (Å²) < 4.78 is 30.9. The van der Waals surface area contributed by atoms with E-state index in [0.29, 0.717) is 4.31 Å². The van der Waals surface area contributed by atoms with Gasteiger partial charge in [-0.25, -0.2) is 8.42 Å². The number of furan rings is 1. The van der Waals surface area contributed by atoms with Crippen molar-refractivity contribution < 1.29 is 27.7 Å². The molecule has 0 atom stereocenters. The molecule has 10 heteroatoms. The number of carboxylic acid groups (broad SMARTS) is 1. The molecule has 0 aliphatic heterocycles. The molecule has 0 radical (unpaired) electrons. The van der Waals surface area contributed by atoms with Gasteiger partial charge in [0.05, 0.1) is 17.7 Å². The lowest BCUT2D eigenvalue weighted by Crippen LogP contribution is -2.35. The molecular formula is C13H12N2O7S. The number of nitrogens with zero attached hydrogens (tertiary/aromatic N) is 2. The highest BCUT2D eigenvalue weighted by molar-refractivity contribution is 7.89. The van der Waals surface area contributed by atoms with Gasteiger partial charge in [-0.2, -0.15) is 4.31 Å². The Kier molecular flexibility index (Phi) is 4.77.